The Morgan fingerprint density at radius 2 is 1.94 bits per heavy atom. The highest BCUT2D eigenvalue weighted by Gasteiger charge is 2.40. The van der Waals surface area contributed by atoms with E-state index in [4.69, 9.17) is 10.5 Å². The SMILES string of the molecule is CC(C)(C)OC(=O)N1CCC(N)C(C2CC2)C1. The number of likely N-dealkylation sites (tertiary alicyclic amines) is 1. The van der Waals surface area contributed by atoms with E-state index in [1.165, 1.54) is 12.8 Å². The summed E-state index contributed by atoms with van der Waals surface area (Å²) < 4.78 is 5.41. The lowest BCUT2D eigenvalue weighted by atomic mass is 9.89. The molecular weight excluding hydrogens is 216 g/mol. The average Bonchev–Trinajstić information content (AvgIpc) is 2.99. The van der Waals surface area contributed by atoms with Gasteiger partial charge in [0, 0.05) is 19.1 Å². The molecule has 4 heteroatoms. The number of nitrogens with zero attached hydrogens (tertiary/aromatic N) is 1. The van der Waals surface area contributed by atoms with Gasteiger partial charge in [-0.05, 0) is 51.9 Å². The molecule has 2 rings (SSSR count). The summed E-state index contributed by atoms with van der Waals surface area (Å²) in [4.78, 5) is 13.8. The second-order valence-corrected chi connectivity index (χ2v) is 6.38. The van der Waals surface area contributed by atoms with Gasteiger partial charge in [-0.1, -0.05) is 0 Å². The number of nitrogens with two attached hydrogens (primary N) is 1. The molecule has 2 aliphatic rings. The van der Waals surface area contributed by atoms with Crippen molar-refractivity contribution < 1.29 is 9.53 Å². The summed E-state index contributed by atoms with van der Waals surface area (Å²) in [6.45, 7) is 7.22. The molecular formula is C13H24N2O2. The van der Waals surface area contributed by atoms with Gasteiger partial charge in [-0.2, -0.15) is 0 Å². The van der Waals surface area contributed by atoms with E-state index in [-0.39, 0.29) is 12.1 Å². The summed E-state index contributed by atoms with van der Waals surface area (Å²) >= 11 is 0. The Morgan fingerprint density at radius 3 is 2.47 bits per heavy atom. The molecule has 17 heavy (non-hydrogen) atoms. The summed E-state index contributed by atoms with van der Waals surface area (Å²) in [6, 6.07) is 0.265. The topological polar surface area (TPSA) is 55.6 Å². The summed E-state index contributed by atoms with van der Waals surface area (Å²) in [5, 5.41) is 0. The van der Waals surface area contributed by atoms with Crippen molar-refractivity contribution in [2.75, 3.05) is 13.1 Å². The van der Waals surface area contributed by atoms with E-state index in [9.17, 15) is 4.79 Å². The number of hydrogen-bond acceptors (Lipinski definition) is 3. The van der Waals surface area contributed by atoms with Crippen LogP contribution in [0.1, 0.15) is 40.0 Å². The number of carbonyl (C=O) groups is 1. The van der Waals surface area contributed by atoms with Crippen LogP contribution in [-0.4, -0.2) is 35.7 Å². The van der Waals surface area contributed by atoms with Crippen LogP contribution in [0, 0.1) is 11.8 Å². The van der Waals surface area contributed by atoms with Gasteiger partial charge in [0.25, 0.3) is 0 Å². The van der Waals surface area contributed by atoms with Gasteiger partial charge < -0.3 is 15.4 Å². The molecule has 0 aromatic rings. The van der Waals surface area contributed by atoms with Crippen LogP contribution in [-0.2, 0) is 4.74 Å². The normalized spacial score (nSPS) is 30.2. The Bertz CT molecular complexity index is 294. The van der Waals surface area contributed by atoms with Crippen molar-refractivity contribution in [3.05, 3.63) is 0 Å². The fourth-order valence-electron chi connectivity index (χ4n) is 2.52. The maximum atomic E-state index is 12.0. The van der Waals surface area contributed by atoms with Gasteiger partial charge in [0.1, 0.15) is 5.60 Å². The standard InChI is InChI=1S/C13H24N2O2/c1-13(2,3)17-12(16)15-7-6-11(14)10(8-15)9-4-5-9/h9-11H,4-8,14H2,1-3H3. The first-order valence-corrected chi connectivity index (χ1v) is 6.60. The second-order valence-electron chi connectivity index (χ2n) is 6.38. The Hall–Kier alpha value is -0.770. The number of carbonyl (C=O) groups excluding carboxylic acids is 1. The minimum atomic E-state index is -0.411. The summed E-state index contributed by atoms with van der Waals surface area (Å²) in [5.41, 5.74) is 5.72. The molecule has 2 N–H and O–H groups in total. The second kappa shape index (κ2) is 4.48. The highest BCUT2D eigenvalue weighted by molar-refractivity contribution is 5.68. The average molecular weight is 240 g/mol. The van der Waals surface area contributed by atoms with Crippen molar-refractivity contribution in [1.82, 2.24) is 4.90 Å². The van der Waals surface area contributed by atoms with Crippen LogP contribution in [0.15, 0.2) is 0 Å². The maximum Gasteiger partial charge on any atom is 0.410 e. The zero-order valence-electron chi connectivity index (χ0n) is 11.1. The molecule has 0 bridgehead atoms. The quantitative estimate of drug-likeness (QED) is 0.762. The third kappa shape index (κ3) is 3.35. The van der Waals surface area contributed by atoms with Gasteiger partial charge in [-0.15, -0.1) is 0 Å². The largest absolute Gasteiger partial charge is 0.444 e. The molecule has 1 aliphatic heterocycles. The number of amides is 1. The van der Waals surface area contributed by atoms with Crippen LogP contribution in [0.3, 0.4) is 0 Å². The van der Waals surface area contributed by atoms with Crippen molar-refractivity contribution >= 4 is 6.09 Å². The van der Waals surface area contributed by atoms with Gasteiger partial charge in [0.2, 0.25) is 0 Å². The Balaban J connectivity index is 1.91. The van der Waals surface area contributed by atoms with E-state index < -0.39 is 5.60 Å². The lowest BCUT2D eigenvalue weighted by Crippen LogP contribution is -2.51. The van der Waals surface area contributed by atoms with Gasteiger partial charge in [-0.25, -0.2) is 4.79 Å². The van der Waals surface area contributed by atoms with E-state index in [1.54, 1.807) is 0 Å². The third-order valence-corrected chi connectivity index (χ3v) is 3.59. The summed E-state index contributed by atoms with van der Waals surface area (Å²) in [6.07, 6.45) is 3.27. The lowest BCUT2D eigenvalue weighted by Gasteiger charge is -2.37. The molecule has 4 nitrogen and oxygen atoms in total. The Kier molecular flexibility index (Phi) is 3.34. The first kappa shape index (κ1) is 12.7. The van der Waals surface area contributed by atoms with Crippen molar-refractivity contribution in [3.63, 3.8) is 0 Å². The van der Waals surface area contributed by atoms with Crippen LogP contribution in [0.2, 0.25) is 0 Å². The van der Waals surface area contributed by atoms with Gasteiger partial charge in [0.05, 0.1) is 0 Å². The van der Waals surface area contributed by atoms with Crippen LogP contribution >= 0.6 is 0 Å². The Morgan fingerprint density at radius 1 is 1.29 bits per heavy atom. The number of piperidine rings is 1. The molecule has 2 unspecified atom stereocenters. The lowest BCUT2D eigenvalue weighted by molar-refractivity contribution is 0.0134. The molecule has 1 heterocycles. The van der Waals surface area contributed by atoms with E-state index in [0.29, 0.717) is 5.92 Å². The summed E-state index contributed by atoms with van der Waals surface area (Å²) in [5.74, 6) is 1.23. The third-order valence-electron chi connectivity index (χ3n) is 3.59. The number of ether oxygens (including phenoxy) is 1. The van der Waals surface area contributed by atoms with E-state index in [1.807, 2.05) is 25.7 Å². The molecule has 1 aliphatic carbocycles. The molecule has 2 fully saturated rings. The van der Waals surface area contributed by atoms with Crippen LogP contribution in [0.25, 0.3) is 0 Å². The maximum absolute atomic E-state index is 12.0. The van der Waals surface area contributed by atoms with Gasteiger partial charge >= 0.3 is 6.09 Å². The fourth-order valence-corrected chi connectivity index (χ4v) is 2.52. The minimum absolute atomic E-state index is 0.185. The molecule has 0 aromatic carbocycles. The predicted octanol–water partition coefficient (Wildman–Crippen LogP) is 1.98. The van der Waals surface area contributed by atoms with Crippen molar-refractivity contribution in [2.24, 2.45) is 17.6 Å². The van der Waals surface area contributed by atoms with Crippen molar-refractivity contribution in [3.8, 4) is 0 Å². The molecule has 0 radical (unpaired) electrons. The van der Waals surface area contributed by atoms with E-state index >= 15 is 0 Å². The first-order valence-electron chi connectivity index (χ1n) is 6.60. The molecule has 1 saturated carbocycles. The van der Waals surface area contributed by atoms with Gasteiger partial charge in [0.15, 0.2) is 0 Å². The highest BCUT2D eigenvalue weighted by Crippen LogP contribution is 2.40. The zero-order chi connectivity index (χ0) is 12.6. The molecule has 1 amide bonds. The zero-order valence-corrected chi connectivity index (χ0v) is 11.1. The molecule has 1 saturated heterocycles. The smallest absolute Gasteiger partial charge is 0.410 e. The highest BCUT2D eigenvalue weighted by atomic mass is 16.6. The van der Waals surface area contributed by atoms with Crippen LogP contribution in [0.5, 0.6) is 0 Å². The summed E-state index contributed by atoms with van der Waals surface area (Å²) in [7, 11) is 0. The van der Waals surface area contributed by atoms with Crippen LogP contribution in [0.4, 0.5) is 4.79 Å². The van der Waals surface area contributed by atoms with Crippen LogP contribution < -0.4 is 5.73 Å². The monoisotopic (exact) mass is 240 g/mol. The van der Waals surface area contributed by atoms with E-state index in [2.05, 4.69) is 0 Å². The predicted molar refractivity (Wildman–Crippen MR) is 66.6 cm³/mol. The molecule has 0 aromatic heterocycles. The molecule has 2 atom stereocenters. The van der Waals surface area contributed by atoms with Crippen molar-refractivity contribution in [2.45, 2.75) is 51.7 Å². The minimum Gasteiger partial charge on any atom is -0.444 e. The van der Waals surface area contributed by atoms with E-state index in [0.717, 1.165) is 25.4 Å². The number of hydrogen-bond donors (Lipinski definition) is 1. The number of rotatable bonds is 1. The van der Waals surface area contributed by atoms with Gasteiger partial charge in [-0.3, -0.25) is 0 Å². The van der Waals surface area contributed by atoms with Crippen molar-refractivity contribution in [1.29, 1.82) is 0 Å². The molecule has 0 spiro atoms. The molecule has 98 valence electrons. The fraction of sp³-hybridized carbons (Fsp3) is 0.923. The Labute approximate surface area is 103 Å². The first-order chi connectivity index (χ1) is 7.87.